The summed E-state index contributed by atoms with van der Waals surface area (Å²) in [7, 11) is 1.55. The van der Waals surface area contributed by atoms with Crippen molar-refractivity contribution in [3.8, 4) is 23.5 Å². The zero-order valence-corrected chi connectivity index (χ0v) is 19.4. The molecule has 2 aromatic heterocycles. The van der Waals surface area contributed by atoms with Crippen molar-refractivity contribution >= 4 is 33.9 Å². The Kier molecular flexibility index (Phi) is 6.21. The van der Waals surface area contributed by atoms with Crippen molar-refractivity contribution in [3.05, 3.63) is 90.4 Å². The molecule has 5 rings (SSSR count). The lowest BCUT2D eigenvalue weighted by Gasteiger charge is -2.11. The maximum atomic E-state index is 13.1. The molecule has 11 nitrogen and oxygen atoms in total. The summed E-state index contributed by atoms with van der Waals surface area (Å²) in [6.07, 6.45) is 4.38. The molecule has 0 fully saturated rings. The molecule has 0 saturated carbocycles. The van der Waals surface area contributed by atoms with E-state index in [9.17, 15) is 15.2 Å². The van der Waals surface area contributed by atoms with E-state index in [0.717, 1.165) is 0 Å². The van der Waals surface area contributed by atoms with Gasteiger partial charge in [0.1, 0.15) is 23.1 Å². The third kappa shape index (κ3) is 4.54. The second-order valence-electron chi connectivity index (χ2n) is 7.68. The molecule has 0 unspecified atom stereocenters. The number of benzene rings is 3. The van der Waals surface area contributed by atoms with Crippen LogP contribution in [0.15, 0.2) is 89.5 Å². The Morgan fingerprint density at radius 2 is 1.84 bits per heavy atom. The fourth-order valence-electron chi connectivity index (χ4n) is 3.63. The Hall–Kier alpha value is -5.63. The molecule has 0 aliphatic heterocycles. The number of nitrogens with zero attached hydrogens (tertiary/aromatic N) is 7. The predicted octanol–water partition coefficient (Wildman–Crippen LogP) is 5.07. The van der Waals surface area contributed by atoms with E-state index in [0.29, 0.717) is 22.2 Å². The summed E-state index contributed by atoms with van der Waals surface area (Å²) in [5, 5.41) is 37.2. The number of azo groups is 1. The van der Waals surface area contributed by atoms with Crippen molar-refractivity contribution in [1.29, 1.82) is 5.26 Å². The summed E-state index contributed by atoms with van der Waals surface area (Å²) in [6.45, 7) is 0. The molecule has 0 atom stereocenters. The van der Waals surface area contributed by atoms with E-state index >= 15 is 0 Å². The zero-order chi connectivity index (χ0) is 25.8. The van der Waals surface area contributed by atoms with Crippen molar-refractivity contribution in [2.45, 2.75) is 0 Å². The molecular formula is C26H18N8O3. The molecule has 2 N–H and O–H groups in total. The van der Waals surface area contributed by atoms with Gasteiger partial charge in [-0.05, 0) is 41.8 Å². The van der Waals surface area contributed by atoms with Crippen LogP contribution in [0.3, 0.4) is 0 Å². The Labute approximate surface area is 210 Å². The minimum atomic E-state index is -0.537. The smallest absolute Gasteiger partial charge is 0.259 e. The number of hydrogen-bond donors (Lipinski definition) is 2. The SMILES string of the molecule is COc1ccc(NC(=O)c2cc3ccccc3c(/N=N/c3c(C#N)cnn3-c3ncccn3)c2O)cc1. The van der Waals surface area contributed by atoms with Gasteiger partial charge in [-0.2, -0.15) is 15.0 Å². The normalized spacial score (nSPS) is 10.9. The number of nitriles is 1. The average Bonchev–Trinajstić information content (AvgIpc) is 3.36. The highest BCUT2D eigenvalue weighted by atomic mass is 16.5. The highest BCUT2D eigenvalue weighted by Crippen LogP contribution is 2.40. The van der Waals surface area contributed by atoms with Crippen LogP contribution < -0.4 is 10.1 Å². The van der Waals surface area contributed by atoms with Crippen LogP contribution in [0.2, 0.25) is 0 Å². The first-order chi connectivity index (χ1) is 18.1. The fraction of sp³-hybridized carbons (Fsp3) is 0.0385. The van der Waals surface area contributed by atoms with E-state index in [4.69, 9.17) is 4.74 Å². The molecule has 180 valence electrons. The molecule has 0 aliphatic carbocycles. The van der Waals surface area contributed by atoms with Crippen molar-refractivity contribution in [1.82, 2.24) is 19.7 Å². The maximum Gasteiger partial charge on any atom is 0.259 e. The summed E-state index contributed by atoms with van der Waals surface area (Å²) >= 11 is 0. The van der Waals surface area contributed by atoms with E-state index < -0.39 is 5.91 Å². The quantitative estimate of drug-likeness (QED) is 0.315. The minimum absolute atomic E-state index is 0.00359. The van der Waals surface area contributed by atoms with Gasteiger partial charge in [0.25, 0.3) is 11.9 Å². The Balaban J connectivity index is 1.58. The number of phenolic OH excluding ortho intramolecular Hbond substituents is 1. The zero-order valence-electron chi connectivity index (χ0n) is 19.4. The number of carbonyl (C=O) groups is 1. The number of carbonyl (C=O) groups excluding carboxylic acids is 1. The second kappa shape index (κ2) is 9.93. The number of aromatic nitrogens is 4. The number of hydrogen-bond acceptors (Lipinski definition) is 9. The van der Waals surface area contributed by atoms with E-state index in [-0.39, 0.29) is 34.3 Å². The molecule has 0 saturated heterocycles. The van der Waals surface area contributed by atoms with Crippen molar-refractivity contribution < 1.29 is 14.6 Å². The third-order valence-corrected chi connectivity index (χ3v) is 5.44. The third-order valence-electron chi connectivity index (χ3n) is 5.44. The van der Waals surface area contributed by atoms with Crippen LogP contribution in [0.5, 0.6) is 11.5 Å². The van der Waals surface area contributed by atoms with Gasteiger partial charge in [0.15, 0.2) is 11.6 Å². The van der Waals surface area contributed by atoms with Gasteiger partial charge in [0.05, 0.1) is 18.9 Å². The highest BCUT2D eigenvalue weighted by molar-refractivity contribution is 6.11. The van der Waals surface area contributed by atoms with Crippen LogP contribution in [0.1, 0.15) is 15.9 Å². The maximum absolute atomic E-state index is 13.1. The summed E-state index contributed by atoms with van der Waals surface area (Å²) in [6, 6.07) is 19.1. The molecule has 0 spiro atoms. The van der Waals surface area contributed by atoms with E-state index in [1.165, 1.54) is 23.3 Å². The van der Waals surface area contributed by atoms with Crippen molar-refractivity contribution in [2.75, 3.05) is 12.4 Å². The van der Waals surface area contributed by atoms with E-state index in [2.05, 4.69) is 30.6 Å². The molecule has 2 heterocycles. The summed E-state index contributed by atoms with van der Waals surface area (Å²) < 4.78 is 6.41. The Morgan fingerprint density at radius 3 is 2.57 bits per heavy atom. The van der Waals surface area contributed by atoms with E-state index in [1.54, 1.807) is 67.8 Å². The molecule has 0 radical (unpaired) electrons. The summed E-state index contributed by atoms with van der Waals surface area (Å²) in [5.41, 5.74) is 0.716. The van der Waals surface area contributed by atoms with Gasteiger partial charge in [-0.25, -0.2) is 9.97 Å². The average molecular weight is 490 g/mol. The predicted molar refractivity (Wildman–Crippen MR) is 135 cm³/mol. The number of fused-ring (bicyclic) bond motifs is 1. The van der Waals surface area contributed by atoms with Gasteiger partial charge in [-0.1, -0.05) is 24.3 Å². The van der Waals surface area contributed by atoms with Crippen LogP contribution in [-0.2, 0) is 0 Å². The molecular weight excluding hydrogens is 472 g/mol. The van der Waals surface area contributed by atoms with Crippen LogP contribution in [-0.4, -0.2) is 37.9 Å². The largest absolute Gasteiger partial charge is 0.505 e. The number of anilines is 1. The number of aromatic hydroxyl groups is 1. The first-order valence-electron chi connectivity index (χ1n) is 11.0. The number of nitrogens with one attached hydrogen (secondary N) is 1. The van der Waals surface area contributed by atoms with Gasteiger partial charge in [-0.15, -0.1) is 10.2 Å². The van der Waals surface area contributed by atoms with Crippen molar-refractivity contribution in [2.24, 2.45) is 10.2 Å². The van der Waals surface area contributed by atoms with Crippen LogP contribution in [0.25, 0.3) is 16.7 Å². The molecule has 11 heteroatoms. The fourth-order valence-corrected chi connectivity index (χ4v) is 3.63. The lowest BCUT2D eigenvalue weighted by molar-refractivity contribution is 0.102. The van der Waals surface area contributed by atoms with Gasteiger partial charge in [-0.3, -0.25) is 4.79 Å². The summed E-state index contributed by atoms with van der Waals surface area (Å²) in [4.78, 5) is 21.4. The van der Waals surface area contributed by atoms with Crippen LogP contribution in [0, 0.1) is 11.3 Å². The van der Waals surface area contributed by atoms with Gasteiger partial charge in [0, 0.05) is 23.5 Å². The molecule has 5 aromatic rings. The number of ether oxygens (including phenoxy) is 1. The number of phenols is 1. The van der Waals surface area contributed by atoms with Gasteiger partial charge < -0.3 is 15.2 Å². The molecule has 0 bridgehead atoms. The molecule has 1 amide bonds. The Bertz CT molecular complexity index is 1670. The summed E-state index contributed by atoms with van der Waals surface area (Å²) in [5.74, 6) is 0.00959. The molecule has 0 aliphatic rings. The monoisotopic (exact) mass is 490 g/mol. The van der Waals surface area contributed by atoms with Crippen molar-refractivity contribution in [3.63, 3.8) is 0 Å². The van der Waals surface area contributed by atoms with Gasteiger partial charge >= 0.3 is 0 Å². The lowest BCUT2D eigenvalue weighted by Crippen LogP contribution is -2.12. The van der Waals surface area contributed by atoms with Crippen LogP contribution in [0.4, 0.5) is 17.2 Å². The Morgan fingerprint density at radius 1 is 1.08 bits per heavy atom. The first-order valence-corrected chi connectivity index (χ1v) is 11.0. The second-order valence-corrected chi connectivity index (χ2v) is 7.68. The molecule has 3 aromatic carbocycles. The van der Waals surface area contributed by atoms with E-state index in [1.807, 2.05) is 6.07 Å². The highest BCUT2D eigenvalue weighted by Gasteiger charge is 2.20. The standard InChI is InChI=1S/C26H18N8O3/c1-37-19-9-7-18(8-10-19)31-25(36)21-13-16-5-2-3-6-20(16)22(23(21)35)32-33-24-17(14-27)15-30-34(24)26-28-11-4-12-29-26/h2-13,15,35H,1H3,(H,31,36)/b33-32+. The topological polar surface area (TPSA) is 151 Å². The lowest BCUT2D eigenvalue weighted by atomic mass is 10.0. The van der Waals surface area contributed by atoms with Gasteiger partial charge in [0.2, 0.25) is 0 Å². The number of rotatable bonds is 6. The molecule has 37 heavy (non-hydrogen) atoms. The van der Waals surface area contributed by atoms with Crippen LogP contribution >= 0.6 is 0 Å². The number of methoxy groups -OCH3 is 1. The first kappa shape index (κ1) is 23.1. The minimum Gasteiger partial charge on any atom is -0.505 e. The number of amides is 1.